The first kappa shape index (κ1) is 20.3. The van der Waals surface area contributed by atoms with Crippen molar-refractivity contribution < 1.29 is 9.18 Å². The Hall–Kier alpha value is -3.00. The minimum Gasteiger partial charge on any atom is -0.318 e. The van der Waals surface area contributed by atoms with Gasteiger partial charge in [0.2, 0.25) is 5.95 Å². The van der Waals surface area contributed by atoms with Crippen LogP contribution in [0.5, 0.6) is 0 Å². The number of aryl methyl sites for hydroxylation is 3. The van der Waals surface area contributed by atoms with E-state index in [0.29, 0.717) is 40.7 Å². The molecule has 4 heterocycles. The molecular formula is C22H22FN5OS. The van der Waals surface area contributed by atoms with Gasteiger partial charge in [-0.15, -0.1) is 11.8 Å². The summed E-state index contributed by atoms with van der Waals surface area (Å²) < 4.78 is 14.0. The van der Waals surface area contributed by atoms with Crippen LogP contribution in [0.2, 0.25) is 0 Å². The van der Waals surface area contributed by atoms with Gasteiger partial charge in [0.1, 0.15) is 5.82 Å². The maximum atomic E-state index is 14.0. The van der Waals surface area contributed by atoms with E-state index < -0.39 is 5.95 Å². The molecule has 0 radical (unpaired) electrons. The third kappa shape index (κ3) is 3.87. The van der Waals surface area contributed by atoms with Gasteiger partial charge in [0.25, 0.3) is 5.91 Å². The summed E-state index contributed by atoms with van der Waals surface area (Å²) in [5.74, 6) is 0.670. The zero-order valence-electron chi connectivity index (χ0n) is 17.3. The number of amides is 1. The molecule has 0 saturated heterocycles. The molecule has 1 N–H and O–H groups in total. The summed E-state index contributed by atoms with van der Waals surface area (Å²) in [5.41, 5.74) is 4.47. The largest absolute Gasteiger partial charge is 0.318 e. The highest BCUT2D eigenvalue weighted by Crippen LogP contribution is 2.37. The molecule has 0 saturated carbocycles. The first-order chi connectivity index (χ1) is 14.4. The van der Waals surface area contributed by atoms with Crippen molar-refractivity contribution >= 4 is 35.0 Å². The number of rotatable bonds is 4. The molecule has 0 bridgehead atoms. The van der Waals surface area contributed by atoms with Crippen molar-refractivity contribution in [3.8, 4) is 0 Å². The molecule has 3 aromatic rings. The van der Waals surface area contributed by atoms with Crippen LogP contribution in [-0.2, 0) is 5.75 Å². The van der Waals surface area contributed by atoms with Gasteiger partial charge in [0.15, 0.2) is 5.82 Å². The van der Waals surface area contributed by atoms with E-state index in [9.17, 15) is 9.18 Å². The Bertz CT molecular complexity index is 1130. The van der Waals surface area contributed by atoms with Crippen molar-refractivity contribution in [3.05, 3.63) is 64.5 Å². The van der Waals surface area contributed by atoms with Gasteiger partial charge in [-0.2, -0.15) is 9.37 Å². The molecule has 0 fully saturated rings. The van der Waals surface area contributed by atoms with Crippen LogP contribution in [0.3, 0.4) is 0 Å². The fraction of sp³-hybridized carbons (Fsp3) is 0.273. The van der Waals surface area contributed by atoms with Gasteiger partial charge in [-0.3, -0.25) is 9.78 Å². The van der Waals surface area contributed by atoms with Crippen molar-refractivity contribution in [3.63, 3.8) is 0 Å². The predicted octanol–water partition coefficient (Wildman–Crippen LogP) is 4.95. The van der Waals surface area contributed by atoms with Crippen LogP contribution in [0.1, 0.15) is 39.8 Å². The SMILES string of the molecule is CCN1c2ncc(CSc3cc(C)nc(C)c3)cc2C(=O)Nc2c(C)cc(F)nc21. The normalized spacial score (nSPS) is 12.8. The predicted molar refractivity (Wildman–Crippen MR) is 117 cm³/mol. The number of hydrogen-bond acceptors (Lipinski definition) is 6. The lowest BCUT2D eigenvalue weighted by Crippen LogP contribution is -2.20. The lowest BCUT2D eigenvalue weighted by Gasteiger charge is -2.22. The van der Waals surface area contributed by atoms with Crippen LogP contribution >= 0.6 is 11.8 Å². The van der Waals surface area contributed by atoms with Crippen LogP contribution in [0.25, 0.3) is 0 Å². The fourth-order valence-electron chi connectivity index (χ4n) is 3.56. The number of fused-ring (bicyclic) bond motifs is 2. The number of aromatic nitrogens is 3. The second-order valence-corrected chi connectivity index (χ2v) is 8.30. The van der Waals surface area contributed by atoms with E-state index in [1.165, 1.54) is 6.07 Å². The minimum atomic E-state index is -0.585. The average Bonchev–Trinajstić information content (AvgIpc) is 2.80. The van der Waals surface area contributed by atoms with E-state index in [2.05, 4.69) is 20.3 Å². The molecule has 0 aromatic carbocycles. The Kier molecular flexibility index (Phi) is 5.42. The van der Waals surface area contributed by atoms with E-state index in [1.54, 1.807) is 29.8 Å². The van der Waals surface area contributed by atoms with Crippen LogP contribution in [0.4, 0.5) is 21.7 Å². The van der Waals surface area contributed by atoms with Gasteiger partial charge in [-0.05, 0) is 63.1 Å². The van der Waals surface area contributed by atoms with E-state index in [4.69, 9.17) is 0 Å². The number of carbonyl (C=O) groups is 1. The van der Waals surface area contributed by atoms with Crippen LogP contribution in [0, 0.1) is 26.7 Å². The maximum Gasteiger partial charge on any atom is 0.259 e. The van der Waals surface area contributed by atoms with Crippen LogP contribution in [-0.4, -0.2) is 27.4 Å². The second-order valence-electron chi connectivity index (χ2n) is 7.25. The van der Waals surface area contributed by atoms with Gasteiger partial charge in [0, 0.05) is 34.8 Å². The molecule has 0 unspecified atom stereocenters. The number of carbonyl (C=O) groups excluding carboxylic acids is 1. The topological polar surface area (TPSA) is 71.0 Å². The van der Waals surface area contributed by atoms with Gasteiger partial charge in [-0.25, -0.2) is 4.98 Å². The minimum absolute atomic E-state index is 0.270. The van der Waals surface area contributed by atoms with Crippen molar-refractivity contribution in [2.45, 2.75) is 38.3 Å². The van der Waals surface area contributed by atoms with Crippen molar-refractivity contribution in [1.29, 1.82) is 0 Å². The lowest BCUT2D eigenvalue weighted by molar-refractivity contribution is 0.102. The quantitative estimate of drug-likeness (QED) is 0.473. The number of nitrogens with zero attached hydrogens (tertiary/aromatic N) is 4. The van der Waals surface area contributed by atoms with Crippen molar-refractivity contribution in [2.24, 2.45) is 0 Å². The summed E-state index contributed by atoms with van der Waals surface area (Å²) in [6, 6.07) is 7.25. The number of hydrogen-bond donors (Lipinski definition) is 1. The third-order valence-corrected chi connectivity index (χ3v) is 5.91. The molecular weight excluding hydrogens is 401 g/mol. The molecule has 4 rings (SSSR count). The van der Waals surface area contributed by atoms with Crippen LogP contribution in [0.15, 0.2) is 35.4 Å². The molecule has 6 nitrogen and oxygen atoms in total. The van der Waals surface area contributed by atoms with Gasteiger partial charge >= 0.3 is 0 Å². The Morgan fingerprint density at radius 2 is 1.80 bits per heavy atom. The Balaban J connectivity index is 1.68. The second kappa shape index (κ2) is 8.02. The van der Waals surface area contributed by atoms with E-state index in [-0.39, 0.29) is 5.91 Å². The highest BCUT2D eigenvalue weighted by atomic mass is 32.2. The molecule has 1 aliphatic heterocycles. The summed E-state index contributed by atoms with van der Waals surface area (Å²) >= 11 is 1.67. The zero-order valence-corrected chi connectivity index (χ0v) is 18.1. The molecule has 8 heteroatoms. The number of anilines is 3. The summed E-state index contributed by atoms with van der Waals surface area (Å²) in [6.45, 7) is 8.12. The highest BCUT2D eigenvalue weighted by molar-refractivity contribution is 7.98. The standard InChI is InChI=1S/C22H22FN5OS/c1-5-28-20-17(22(29)27-19-12(2)6-18(23)26-21(19)28)9-15(10-24-20)11-30-16-7-13(3)25-14(4)8-16/h6-10H,5,11H2,1-4H3,(H,27,29). The molecule has 0 spiro atoms. The fourth-order valence-corrected chi connectivity index (χ4v) is 4.55. The Labute approximate surface area is 179 Å². The first-order valence-corrected chi connectivity index (χ1v) is 10.7. The maximum absolute atomic E-state index is 14.0. The summed E-state index contributed by atoms with van der Waals surface area (Å²) in [6.07, 6.45) is 1.76. The third-order valence-electron chi connectivity index (χ3n) is 4.86. The molecule has 30 heavy (non-hydrogen) atoms. The average molecular weight is 424 g/mol. The van der Waals surface area contributed by atoms with E-state index in [0.717, 1.165) is 21.8 Å². The van der Waals surface area contributed by atoms with E-state index >= 15 is 0 Å². The summed E-state index contributed by atoms with van der Waals surface area (Å²) in [4.78, 5) is 28.9. The van der Waals surface area contributed by atoms with Gasteiger partial charge < -0.3 is 10.2 Å². The lowest BCUT2D eigenvalue weighted by atomic mass is 10.2. The summed E-state index contributed by atoms with van der Waals surface area (Å²) in [5, 5.41) is 2.89. The highest BCUT2D eigenvalue weighted by Gasteiger charge is 2.28. The monoisotopic (exact) mass is 423 g/mol. The Morgan fingerprint density at radius 3 is 2.50 bits per heavy atom. The molecule has 0 atom stereocenters. The van der Waals surface area contributed by atoms with Gasteiger partial charge in [-0.1, -0.05) is 0 Å². The number of halogens is 1. The molecule has 154 valence electrons. The van der Waals surface area contributed by atoms with Crippen molar-refractivity contribution in [1.82, 2.24) is 15.0 Å². The summed E-state index contributed by atoms with van der Waals surface area (Å²) in [7, 11) is 0. The Morgan fingerprint density at radius 1 is 1.07 bits per heavy atom. The number of pyridine rings is 3. The van der Waals surface area contributed by atoms with Crippen LogP contribution < -0.4 is 10.2 Å². The number of nitrogens with one attached hydrogen (secondary N) is 1. The van der Waals surface area contributed by atoms with E-state index in [1.807, 2.05) is 39.0 Å². The number of thioether (sulfide) groups is 1. The smallest absolute Gasteiger partial charge is 0.259 e. The van der Waals surface area contributed by atoms with Gasteiger partial charge in [0.05, 0.1) is 11.3 Å². The zero-order chi connectivity index (χ0) is 21.4. The molecule has 1 aliphatic rings. The molecule has 3 aromatic heterocycles. The van der Waals surface area contributed by atoms with Crippen molar-refractivity contribution in [2.75, 3.05) is 16.8 Å². The molecule has 0 aliphatic carbocycles. The molecule has 1 amide bonds. The first-order valence-electron chi connectivity index (χ1n) is 9.68.